The summed E-state index contributed by atoms with van der Waals surface area (Å²) in [5, 5.41) is 3.41. The maximum Gasteiger partial charge on any atom is 0.340 e. The van der Waals surface area contributed by atoms with Gasteiger partial charge in [0.25, 0.3) is 0 Å². The van der Waals surface area contributed by atoms with Crippen LogP contribution in [0, 0.1) is 11.7 Å². The van der Waals surface area contributed by atoms with Gasteiger partial charge in [0.05, 0.1) is 12.7 Å². The van der Waals surface area contributed by atoms with E-state index in [1.165, 1.54) is 38.5 Å². The summed E-state index contributed by atoms with van der Waals surface area (Å²) in [5.41, 5.74) is 0.828. The topological polar surface area (TPSA) is 38.3 Å². The standard InChI is InChI=1S/C15H20FNO2/c1-10(12-4-3-5-12)17-9-11-6-7-13(14(16)8-11)15(18)19-2/h6-8,10,12,17H,3-5,9H2,1-2H3. The minimum Gasteiger partial charge on any atom is -0.465 e. The first-order valence-electron chi connectivity index (χ1n) is 6.72. The van der Waals surface area contributed by atoms with Crippen molar-refractivity contribution in [2.75, 3.05) is 7.11 Å². The lowest BCUT2D eigenvalue weighted by atomic mass is 9.80. The predicted octanol–water partition coefficient (Wildman–Crippen LogP) is 2.89. The highest BCUT2D eigenvalue weighted by molar-refractivity contribution is 5.89. The second kappa shape index (κ2) is 6.15. The first-order chi connectivity index (χ1) is 9.11. The van der Waals surface area contributed by atoms with Crippen LogP contribution in [0.2, 0.25) is 0 Å². The van der Waals surface area contributed by atoms with E-state index in [0.717, 1.165) is 11.5 Å². The van der Waals surface area contributed by atoms with Crippen molar-refractivity contribution in [3.63, 3.8) is 0 Å². The van der Waals surface area contributed by atoms with E-state index in [0.29, 0.717) is 12.6 Å². The van der Waals surface area contributed by atoms with E-state index in [1.54, 1.807) is 6.07 Å². The number of carbonyl (C=O) groups excluding carboxylic acids is 1. The summed E-state index contributed by atoms with van der Waals surface area (Å²) in [6.45, 7) is 2.79. The quantitative estimate of drug-likeness (QED) is 0.832. The Hall–Kier alpha value is -1.42. The van der Waals surface area contributed by atoms with Crippen LogP contribution in [0.3, 0.4) is 0 Å². The summed E-state index contributed by atoms with van der Waals surface area (Å²) in [6.07, 6.45) is 3.88. The van der Waals surface area contributed by atoms with Crippen molar-refractivity contribution in [1.82, 2.24) is 5.32 Å². The molecule has 1 N–H and O–H groups in total. The van der Waals surface area contributed by atoms with Crippen LogP contribution >= 0.6 is 0 Å². The molecule has 2 rings (SSSR count). The Kier molecular flexibility index (Phi) is 4.53. The van der Waals surface area contributed by atoms with Gasteiger partial charge in [-0.25, -0.2) is 9.18 Å². The molecule has 1 saturated carbocycles. The van der Waals surface area contributed by atoms with Gasteiger partial charge in [0, 0.05) is 12.6 Å². The number of hydrogen-bond acceptors (Lipinski definition) is 3. The van der Waals surface area contributed by atoms with Gasteiger partial charge in [-0.15, -0.1) is 0 Å². The van der Waals surface area contributed by atoms with Crippen LogP contribution in [0.5, 0.6) is 0 Å². The molecule has 0 amide bonds. The lowest BCUT2D eigenvalue weighted by molar-refractivity contribution is 0.0595. The molecule has 0 heterocycles. The number of ether oxygens (including phenoxy) is 1. The normalized spacial score (nSPS) is 16.8. The molecule has 0 radical (unpaired) electrons. The van der Waals surface area contributed by atoms with Crippen LogP contribution in [-0.2, 0) is 11.3 Å². The maximum absolute atomic E-state index is 13.7. The minimum atomic E-state index is -0.639. The molecule has 1 aliphatic carbocycles. The van der Waals surface area contributed by atoms with Gasteiger partial charge in [-0.1, -0.05) is 12.5 Å². The van der Waals surface area contributed by atoms with Gasteiger partial charge in [0.2, 0.25) is 0 Å². The number of nitrogens with one attached hydrogen (secondary N) is 1. The zero-order valence-electron chi connectivity index (χ0n) is 11.4. The lowest BCUT2D eigenvalue weighted by Crippen LogP contribution is -2.36. The van der Waals surface area contributed by atoms with E-state index in [1.807, 2.05) is 0 Å². The number of methoxy groups -OCH3 is 1. The Labute approximate surface area is 113 Å². The second-order valence-corrected chi connectivity index (χ2v) is 5.17. The van der Waals surface area contributed by atoms with E-state index >= 15 is 0 Å². The molecule has 3 nitrogen and oxygen atoms in total. The van der Waals surface area contributed by atoms with Crippen LogP contribution in [0.1, 0.15) is 42.1 Å². The van der Waals surface area contributed by atoms with Gasteiger partial charge in [0.15, 0.2) is 0 Å². The molecule has 104 valence electrons. The van der Waals surface area contributed by atoms with Crippen LogP contribution < -0.4 is 5.32 Å². The zero-order valence-corrected chi connectivity index (χ0v) is 11.4. The highest BCUT2D eigenvalue weighted by Gasteiger charge is 2.23. The van der Waals surface area contributed by atoms with E-state index in [-0.39, 0.29) is 5.56 Å². The van der Waals surface area contributed by atoms with Crippen molar-refractivity contribution in [1.29, 1.82) is 0 Å². The Morgan fingerprint density at radius 3 is 2.79 bits per heavy atom. The van der Waals surface area contributed by atoms with Crippen LogP contribution in [0.15, 0.2) is 18.2 Å². The van der Waals surface area contributed by atoms with Crippen molar-refractivity contribution in [2.45, 2.75) is 38.8 Å². The number of esters is 1. The molecule has 19 heavy (non-hydrogen) atoms. The molecule has 0 aromatic heterocycles. The van der Waals surface area contributed by atoms with E-state index in [4.69, 9.17) is 0 Å². The third kappa shape index (κ3) is 3.32. The van der Waals surface area contributed by atoms with Crippen molar-refractivity contribution < 1.29 is 13.9 Å². The van der Waals surface area contributed by atoms with Crippen molar-refractivity contribution in [3.8, 4) is 0 Å². The average Bonchev–Trinajstić information content (AvgIpc) is 2.33. The molecular formula is C15H20FNO2. The monoisotopic (exact) mass is 265 g/mol. The van der Waals surface area contributed by atoms with Crippen molar-refractivity contribution >= 4 is 5.97 Å². The van der Waals surface area contributed by atoms with Gasteiger partial charge < -0.3 is 10.1 Å². The molecule has 1 fully saturated rings. The molecule has 1 aromatic rings. The second-order valence-electron chi connectivity index (χ2n) is 5.17. The number of benzene rings is 1. The SMILES string of the molecule is COC(=O)c1ccc(CNC(C)C2CCC2)cc1F. The molecule has 0 saturated heterocycles. The molecule has 0 aliphatic heterocycles. The van der Waals surface area contributed by atoms with Crippen molar-refractivity contribution in [2.24, 2.45) is 5.92 Å². The largest absolute Gasteiger partial charge is 0.465 e. The Morgan fingerprint density at radius 2 is 2.26 bits per heavy atom. The fourth-order valence-corrected chi connectivity index (χ4v) is 2.33. The summed E-state index contributed by atoms with van der Waals surface area (Å²) in [6, 6.07) is 5.09. The lowest BCUT2D eigenvalue weighted by Gasteiger charge is -2.32. The van der Waals surface area contributed by atoms with E-state index in [9.17, 15) is 9.18 Å². The molecule has 1 atom stereocenters. The first-order valence-corrected chi connectivity index (χ1v) is 6.72. The molecule has 0 bridgehead atoms. The molecule has 4 heteroatoms. The highest BCUT2D eigenvalue weighted by atomic mass is 19.1. The van der Waals surface area contributed by atoms with Gasteiger partial charge in [-0.2, -0.15) is 0 Å². The number of halogens is 1. The van der Waals surface area contributed by atoms with Gasteiger partial charge >= 0.3 is 5.97 Å². The van der Waals surface area contributed by atoms with Gasteiger partial charge in [-0.3, -0.25) is 0 Å². The van der Waals surface area contributed by atoms with Gasteiger partial charge in [0.1, 0.15) is 5.82 Å². The third-order valence-corrected chi connectivity index (χ3v) is 3.92. The average molecular weight is 265 g/mol. The molecule has 1 aromatic carbocycles. The fraction of sp³-hybridized carbons (Fsp3) is 0.533. The van der Waals surface area contributed by atoms with E-state index < -0.39 is 11.8 Å². The summed E-state index contributed by atoms with van der Waals surface area (Å²) in [7, 11) is 1.25. The zero-order chi connectivity index (χ0) is 13.8. The number of carbonyl (C=O) groups is 1. The van der Waals surface area contributed by atoms with Crippen LogP contribution in [-0.4, -0.2) is 19.1 Å². The Bertz CT molecular complexity index is 457. The summed E-state index contributed by atoms with van der Waals surface area (Å²) >= 11 is 0. The fourth-order valence-electron chi connectivity index (χ4n) is 2.33. The maximum atomic E-state index is 13.7. The van der Waals surface area contributed by atoms with Crippen molar-refractivity contribution in [3.05, 3.63) is 35.1 Å². The summed E-state index contributed by atoms with van der Waals surface area (Å²) in [5.74, 6) is -0.415. The summed E-state index contributed by atoms with van der Waals surface area (Å²) in [4.78, 5) is 11.3. The number of hydrogen-bond donors (Lipinski definition) is 1. The van der Waals surface area contributed by atoms with Gasteiger partial charge in [-0.05, 0) is 43.4 Å². The third-order valence-electron chi connectivity index (χ3n) is 3.92. The van der Waals surface area contributed by atoms with Crippen LogP contribution in [0.4, 0.5) is 4.39 Å². The van der Waals surface area contributed by atoms with E-state index in [2.05, 4.69) is 17.0 Å². The molecule has 0 spiro atoms. The minimum absolute atomic E-state index is 0.0155. The predicted molar refractivity (Wildman–Crippen MR) is 71.4 cm³/mol. The molecular weight excluding hydrogens is 245 g/mol. The Morgan fingerprint density at radius 1 is 1.53 bits per heavy atom. The first kappa shape index (κ1) is 14.0. The molecule has 1 aliphatic rings. The number of rotatable bonds is 5. The summed E-state index contributed by atoms with van der Waals surface area (Å²) < 4.78 is 18.2. The highest BCUT2D eigenvalue weighted by Crippen LogP contribution is 2.29. The Balaban J connectivity index is 1.94. The van der Waals surface area contributed by atoms with Crippen LogP contribution in [0.25, 0.3) is 0 Å². The molecule has 1 unspecified atom stereocenters. The smallest absolute Gasteiger partial charge is 0.340 e.